The molecule has 1 aromatic carbocycles. The van der Waals surface area contributed by atoms with E-state index in [-0.39, 0.29) is 0 Å². The van der Waals surface area contributed by atoms with Crippen LogP contribution >= 0.6 is 28.1 Å². The number of aromatic nitrogens is 3. The summed E-state index contributed by atoms with van der Waals surface area (Å²) in [5.41, 5.74) is 0.967. The summed E-state index contributed by atoms with van der Waals surface area (Å²) in [6, 6.07) is 7.85. The summed E-state index contributed by atoms with van der Waals surface area (Å²) in [5.74, 6) is 0.759. The molecule has 0 saturated heterocycles. The van der Waals surface area contributed by atoms with Crippen LogP contribution < -0.4 is 0 Å². The molecular weight excluding hydrogens is 290 g/mol. The Morgan fingerprint density at radius 2 is 2.12 bits per heavy atom. The van der Waals surface area contributed by atoms with Gasteiger partial charge in [0.15, 0.2) is 10.6 Å². The lowest BCUT2D eigenvalue weighted by atomic mass is 10.3. The van der Waals surface area contributed by atoms with Gasteiger partial charge in [-0.25, -0.2) is 0 Å². The van der Waals surface area contributed by atoms with Gasteiger partial charge in [0.1, 0.15) is 6.61 Å². The standard InChI is InChI=1S/C10H10BrN3OS/c1-15-6-9-12-13-10(16)14(9)8-4-2-7(11)3-5-8/h2-5H,6H2,1H3,(H,13,16). The Balaban J connectivity index is 2.50. The van der Waals surface area contributed by atoms with Gasteiger partial charge in [-0.1, -0.05) is 15.9 Å². The van der Waals surface area contributed by atoms with Crippen LogP contribution in [0.15, 0.2) is 28.7 Å². The molecule has 2 rings (SSSR count). The Morgan fingerprint density at radius 1 is 1.44 bits per heavy atom. The zero-order valence-corrected chi connectivity index (χ0v) is 11.0. The maximum Gasteiger partial charge on any atom is 0.199 e. The smallest absolute Gasteiger partial charge is 0.199 e. The lowest BCUT2D eigenvalue weighted by Gasteiger charge is -2.05. The first-order valence-electron chi connectivity index (χ1n) is 4.63. The van der Waals surface area contributed by atoms with Crippen molar-refractivity contribution in [3.05, 3.63) is 39.3 Å². The molecule has 0 atom stereocenters. The van der Waals surface area contributed by atoms with Crippen molar-refractivity contribution in [3.8, 4) is 5.69 Å². The summed E-state index contributed by atoms with van der Waals surface area (Å²) in [4.78, 5) is 0. The van der Waals surface area contributed by atoms with E-state index < -0.39 is 0 Å². The SMILES string of the molecule is COCc1n[nH]c(=S)n1-c1ccc(Br)cc1. The van der Waals surface area contributed by atoms with E-state index in [9.17, 15) is 0 Å². The molecule has 1 aromatic heterocycles. The molecule has 0 aliphatic carbocycles. The van der Waals surface area contributed by atoms with E-state index in [4.69, 9.17) is 17.0 Å². The summed E-state index contributed by atoms with van der Waals surface area (Å²) in [5, 5.41) is 6.87. The predicted octanol–water partition coefficient (Wildman–Crippen LogP) is 2.84. The van der Waals surface area contributed by atoms with Crippen LogP contribution in [-0.4, -0.2) is 21.9 Å². The summed E-state index contributed by atoms with van der Waals surface area (Å²) < 4.78 is 8.51. The number of hydrogen-bond acceptors (Lipinski definition) is 3. The van der Waals surface area contributed by atoms with Crippen molar-refractivity contribution < 1.29 is 4.74 Å². The number of ether oxygens (including phenoxy) is 1. The highest BCUT2D eigenvalue weighted by molar-refractivity contribution is 9.10. The van der Waals surface area contributed by atoms with Crippen LogP contribution in [0.25, 0.3) is 5.69 Å². The quantitative estimate of drug-likeness (QED) is 0.886. The van der Waals surface area contributed by atoms with Crippen LogP contribution in [0.2, 0.25) is 0 Å². The van der Waals surface area contributed by atoms with Crippen LogP contribution in [0, 0.1) is 4.77 Å². The third-order valence-corrected chi connectivity index (χ3v) is 2.90. The first-order chi connectivity index (χ1) is 7.72. The van der Waals surface area contributed by atoms with Crippen molar-refractivity contribution >= 4 is 28.1 Å². The summed E-state index contributed by atoms with van der Waals surface area (Å²) in [7, 11) is 1.63. The first-order valence-corrected chi connectivity index (χ1v) is 5.83. The predicted molar refractivity (Wildman–Crippen MR) is 67.2 cm³/mol. The minimum atomic E-state index is 0.420. The molecule has 1 N–H and O–H groups in total. The molecule has 6 heteroatoms. The lowest BCUT2D eigenvalue weighted by molar-refractivity contribution is 0.176. The second-order valence-corrected chi connectivity index (χ2v) is 4.49. The van der Waals surface area contributed by atoms with Crippen LogP contribution in [0.5, 0.6) is 0 Å². The Labute approximate surface area is 106 Å². The first kappa shape index (κ1) is 11.5. The average Bonchev–Trinajstić information content (AvgIpc) is 2.62. The molecule has 1 heterocycles. The van der Waals surface area contributed by atoms with Crippen molar-refractivity contribution in [1.82, 2.24) is 14.8 Å². The average molecular weight is 300 g/mol. The molecular formula is C10H10BrN3OS. The Bertz CT molecular complexity index is 532. The number of hydrogen-bond donors (Lipinski definition) is 1. The molecule has 0 amide bonds. The van der Waals surface area contributed by atoms with Crippen LogP contribution in [0.3, 0.4) is 0 Å². The minimum absolute atomic E-state index is 0.420. The van der Waals surface area contributed by atoms with E-state index in [1.807, 2.05) is 28.8 Å². The van der Waals surface area contributed by atoms with Gasteiger partial charge < -0.3 is 4.74 Å². The Morgan fingerprint density at radius 3 is 2.75 bits per heavy atom. The number of methoxy groups -OCH3 is 1. The minimum Gasteiger partial charge on any atom is -0.377 e. The molecule has 0 saturated carbocycles. The molecule has 0 unspecified atom stereocenters. The number of nitrogens with zero attached hydrogens (tertiary/aromatic N) is 2. The maximum atomic E-state index is 5.18. The third-order valence-electron chi connectivity index (χ3n) is 2.10. The van der Waals surface area contributed by atoms with Gasteiger partial charge in [0.25, 0.3) is 0 Å². The van der Waals surface area contributed by atoms with Gasteiger partial charge in [-0.15, -0.1) is 0 Å². The van der Waals surface area contributed by atoms with Crippen LogP contribution in [0.4, 0.5) is 0 Å². The lowest BCUT2D eigenvalue weighted by Crippen LogP contribution is -2.02. The number of nitrogens with one attached hydrogen (secondary N) is 1. The van der Waals surface area contributed by atoms with Crippen molar-refractivity contribution in [2.24, 2.45) is 0 Å². The molecule has 84 valence electrons. The number of benzene rings is 1. The van der Waals surface area contributed by atoms with E-state index in [1.165, 1.54) is 0 Å². The molecule has 0 aliphatic heterocycles. The van der Waals surface area contributed by atoms with Gasteiger partial charge in [-0.3, -0.25) is 9.67 Å². The Hall–Kier alpha value is -0.980. The molecule has 0 fully saturated rings. The van der Waals surface area contributed by atoms with Crippen molar-refractivity contribution in [2.45, 2.75) is 6.61 Å². The van der Waals surface area contributed by atoms with Crippen molar-refractivity contribution in [2.75, 3.05) is 7.11 Å². The van der Waals surface area contributed by atoms with Crippen molar-refractivity contribution in [1.29, 1.82) is 0 Å². The molecule has 0 radical (unpaired) electrons. The van der Waals surface area contributed by atoms with Gasteiger partial charge in [0.05, 0.1) is 0 Å². The number of aromatic amines is 1. The third kappa shape index (κ3) is 2.23. The largest absolute Gasteiger partial charge is 0.377 e. The van der Waals surface area contributed by atoms with Crippen molar-refractivity contribution in [3.63, 3.8) is 0 Å². The topological polar surface area (TPSA) is 42.8 Å². The van der Waals surface area contributed by atoms with E-state index in [1.54, 1.807) is 7.11 Å². The molecule has 0 aliphatic rings. The molecule has 2 aromatic rings. The Kier molecular flexibility index (Phi) is 3.52. The number of halogens is 1. The van der Waals surface area contributed by atoms with E-state index >= 15 is 0 Å². The number of rotatable bonds is 3. The highest BCUT2D eigenvalue weighted by atomic mass is 79.9. The van der Waals surface area contributed by atoms with E-state index in [0.717, 1.165) is 16.0 Å². The summed E-state index contributed by atoms with van der Waals surface area (Å²) in [6.07, 6.45) is 0. The fraction of sp³-hybridized carbons (Fsp3) is 0.200. The highest BCUT2D eigenvalue weighted by Crippen LogP contribution is 2.15. The second-order valence-electron chi connectivity index (χ2n) is 3.19. The molecule has 0 bridgehead atoms. The van der Waals surface area contributed by atoms with E-state index in [2.05, 4.69) is 26.1 Å². The zero-order chi connectivity index (χ0) is 11.5. The van der Waals surface area contributed by atoms with E-state index in [0.29, 0.717) is 11.4 Å². The summed E-state index contributed by atoms with van der Waals surface area (Å²) >= 11 is 8.57. The maximum absolute atomic E-state index is 5.18. The van der Waals surface area contributed by atoms with Gasteiger partial charge in [-0.05, 0) is 36.5 Å². The van der Waals surface area contributed by atoms with Gasteiger partial charge >= 0.3 is 0 Å². The molecule has 0 spiro atoms. The zero-order valence-electron chi connectivity index (χ0n) is 8.61. The summed E-state index contributed by atoms with van der Waals surface area (Å²) in [6.45, 7) is 0.420. The highest BCUT2D eigenvalue weighted by Gasteiger charge is 2.07. The fourth-order valence-electron chi connectivity index (χ4n) is 1.41. The normalized spacial score (nSPS) is 10.6. The van der Waals surface area contributed by atoms with Crippen LogP contribution in [0.1, 0.15) is 5.82 Å². The monoisotopic (exact) mass is 299 g/mol. The number of H-pyrrole nitrogens is 1. The van der Waals surface area contributed by atoms with Gasteiger partial charge in [-0.2, -0.15) is 5.10 Å². The second kappa shape index (κ2) is 4.90. The molecule has 16 heavy (non-hydrogen) atoms. The van der Waals surface area contributed by atoms with Gasteiger partial charge in [0, 0.05) is 17.3 Å². The van der Waals surface area contributed by atoms with Gasteiger partial charge in [0.2, 0.25) is 0 Å². The van der Waals surface area contributed by atoms with Crippen LogP contribution in [-0.2, 0) is 11.3 Å². The molecule has 4 nitrogen and oxygen atoms in total. The fourth-order valence-corrected chi connectivity index (χ4v) is 1.93.